The lowest BCUT2D eigenvalue weighted by Crippen LogP contribution is -1.72. The predicted octanol–water partition coefficient (Wildman–Crippen LogP) is -1.15. The molecule has 0 aliphatic carbocycles. The van der Waals surface area contributed by atoms with E-state index < -0.39 is 24.8 Å². The molecule has 20 heavy (non-hydrogen) atoms. The Balaban J connectivity index is -0.0000000536. The fourth-order valence-electron chi connectivity index (χ4n) is 0.370. The zero-order valence-electron chi connectivity index (χ0n) is 10.4. The van der Waals surface area contributed by atoms with Gasteiger partial charge >= 0.3 is 24.8 Å². The Labute approximate surface area is 142 Å². The van der Waals surface area contributed by atoms with E-state index in [1.54, 1.807) is 20.8 Å². The van der Waals surface area contributed by atoms with Crippen LogP contribution in [0, 0.1) is 0 Å². The van der Waals surface area contributed by atoms with E-state index in [9.17, 15) is 13.7 Å². The molecule has 9 nitrogen and oxygen atoms in total. The highest BCUT2D eigenvalue weighted by Crippen LogP contribution is 2.13. The summed E-state index contributed by atoms with van der Waals surface area (Å²) >= 11 is 0. The van der Waals surface area contributed by atoms with Crippen LogP contribution in [0.15, 0.2) is 0 Å². The van der Waals surface area contributed by atoms with Crippen molar-refractivity contribution in [2.24, 2.45) is 0 Å². The highest BCUT2D eigenvalue weighted by Gasteiger charge is 1.82. The van der Waals surface area contributed by atoms with Crippen molar-refractivity contribution in [1.29, 1.82) is 0 Å². The van der Waals surface area contributed by atoms with Crippen LogP contribution in [0.5, 0.6) is 0 Å². The first-order valence-corrected chi connectivity index (χ1v) is 8.67. The molecule has 0 bridgehead atoms. The van der Waals surface area contributed by atoms with Gasteiger partial charge in [0.25, 0.3) is 0 Å². The average molecular weight is 390 g/mol. The molecule has 0 aromatic rings. The third-order valence-corrected chi connectivity index (χ3v) is 2.41. The molecule has 3 unspecified atom stereocenters. The molecule has 0 aliphatic rings. The fraction of sp³-hybridized carbons (Fsp3) is 1.00. The Hall–Kier alpha value is 1.51. The van der Waals surface area contributed by atoms with Gasteiger partial charge in [-0.15, -0.1) is 0 Å². The Bertz CT molecular complexity index is 206. The van der Waals surface area contributed by atoms with Gasteiger partial charge in [0.05, 0.1) is 19.8 Å². The molecule has 0 spiro atoms. The van der Waals surface area contributed by atoms with Gasteiger partial charge in [-0.25, -0.2) is 0 Å². The van der Waals surface area contributed by atoms with Gasteiger partial charge in [0, 0.05) is 0 Å². The van der Waals surface area contributed by atoms with Crippen molar-refractivity contribution >= 4 is 59.5 Å². The largest absolute Gasteiger partial charge is 0.326 e. The molecule has 0 saturated heterocycles. The van der Waals surface area contributed by atoms with E-state index in [2.05, 4.69) is 13.6 Å². The Kier molecular flexibility index (Phi) is 47.5. The molecule has 0 saturated carbocycles. The molecular formula is C6H27Al2O9P3. The number of rotatable bonds is 6. The lowest BCUT2D eigenvalue weighted by molar-refractivity contribution is 0.296. The van der Waals surface area contributed by atoms with Gasteiger partial charge in [-0.2, -0.15) is 0 Å². The van der Waals surface area contributed by atoms with Crippen LogP contribution >= 0.6 is 24.8 Å². The van der Waals surface area contributed by atoms with Gasteiger partial charge in [0.1, 0.15) is 0 Å². The van der Waals surface area contributed by atoms with Crippen LogP contribution in [0.25, 0.3) is 0 Å². The SMILES string of the molecule is CCO[PH](=O)O.CCO[PH](=O)O.CCO[PH](=O)O.[AlH3].[AlH3]. The van der Waals surface area contributed by atoms with E-state index in [4.69, 9.17) is 14.7 Å². The maximum Gasteiger partial charge on any atom is 0.316 e. The van der Waals surface area contributed by atoms with Crippen LogP contribution < -0.4 is 0 Å². The minimum Gasteiger partial charge on any atom is -0.326 e. The van der Waals surface area contributed by atoms with E-state index in [-0.39, 0.29) is 34.7 Å². The molecule has 14 heteroatoms. The molecule has 0 rings (SSSR count). The zero-order chi connectivity index (χ0) is 15.0. The highest BCUT2D eigenvalue weighted by atomic mass is 31.1. The maximum absolute atomic E-state index is 9.56. The second kappa shape index (κ2) is 28.6. The summed E-state index contributed by atoms with van der Waals surface area (Å²) in [4.78, 5) is 23.6. The topological polar surface area (TPSA) is 140 Å². The minimum atomic E-state index is -2.64. The molecule has 126 valence electrons. The quantitative estimate of drug-likeness (QED) is 0.379. The van der Waals surface area contributed by atoms with Crippen molar-refractivity contribution < 1.29 is 41.9 Å². The molecule has 0 radical (unpaired) electrons. The lowest BCUT2D eigenvalue weighted by Gasteiger charge is -1.86. The molecular weight excluding hydrogens is 363 g/mol. The van der Waals surface area contributed by atoms with Crippen molar-refractivity contribution in [1.82, 2.24) is 0 Å². The van der Waals surface area contributed by atoms with Crippen LogP contribution in [0.1, 0.15) is 20.8 Å². The third-order valence-electron chi connectivity index (χ3n) is 0.803. The first kappa shape index (κ1) is 33.2. The molecule has 0 amide bonds. The molecule has 0 aromatic heterocycles. The van der Waals surface area contributed by atoms with Gasteiger partial charge < -0.3 is 28.3 Å². The summed E-state index contributed by atoms with van der Waals surface area (Å²) in [7, 11) is -7.91. The highest BCUT2D eigenvalue weighted by molar-refractivity contribution is 7.32. The Morgan fingerprint density at radius 1 is 0.650 bits per heavy atom. The normalized spacial score (nSPS) is 12.9. The van der Waals surface area contributed by atoms with Gasteiger partial charge in [-0.05, 0) is 20.8 Å². The monoisotopic (exact) mass is 390 g/mol. The van der Waals surface area contributed by atoms with E-state index in [1.165, 1.54) is 0 Å². The maximum atomic E-state index is 9.56. The van der Waals surface area contributed by atoms with Gasteiger partial charge in [-0.1, -0.05) is 0 Å². The zero-order valence-corrected chi connectivity index (χ0v) is 13.4. The summed E-state index contributed by atoms with van der Waals surface area (Å²) < 4.78 is 41.1. The first-order valence-electron chi connectivity index (χ1n) is 4.88. The summed E-state index contributed by atoms with van der Waals surface area (Å²) in [5.41, 5.74) is 0. The summed E-state index contributed by atoms with van der Waals surface area (Å²) in [5, 5.41) is 0. The molecule has 0 aliphatic heterocycles. The first-order chi connectivity index (χ1) is 8.31. The van der Waals surface area contributed by atoms with Crippen molar-refractivity contribution in [3.8, 4) is 0 Å². The average Bonchev–Trinajstić information content (AvgIpc) is 2.18. The predicted molar refractivity (Wildman–Crippen MR) is 88.4 cm³/mol. The minimum absolute atomic E-state index is 0. The molecule has 3 N–H and O–H groups in total. The van der Waals surface area contributed by atoms with Gasteiger partial charge in [-0.3, -0.25) is 13.7 Å². The van der Waals surface area contributed by atoms with Gasteiger partial charge in [0.2, 0.25) is 0 Å². The van der Waals surface area contributed by atoms with E-state index >= 15 is 0 Å². The molecule has 0 aromatic carbocycles. The molecule has 3 atom stereocenters. The van der Waals surface area contributed by atoms with Crippen LogP contribution in [-0.4, -0.2) is 69.2 Å². The standard InChI is InChI=1S/3C2H7O3P.2Al.6H/c3*1-2-5-6(3)4;;;;;;;;/h3*6H,2H2,1H3,(H,3,4);;;;;;;;. The van der Waals surface area contributed by atoms with Crippen LogP contribution in [0.3, 0.4) is 0 Å². The van der Waals surface area contributed by atoms with Crippen LogP contribution in [0.2, 0.25) is 0 Å². The van der Waals surface area contributed by atoms with Crippen molar-refractivity contribution in [2.45, 2.75) is 20.8 Å². The molecule has 0 heterocycles. The third kappa shape index (κ3) is 60.5. The van der Waals surface area contributed by atoms with Crippen molar-refractivity contribution in [3.05, 3.63) is 0 Å². The summed E-state index contributed by atoms with van der Waals surface area (Å²) in [5.74, 6) is 0. The Morgan fingerprint density at radius 3 is 0.800 bits per heavy atom. The van der Waals surface area contributed by atoms with Crippen LogP contribution in [-0.2, 0) is 27.3 Å². The van der Waals surface area contributed by atoms with E-state index in [0.29, 0.717) is 19.8 Å². The summed E-state index contributed by atoms with van der Waals surface area (Å²) in [6.07, 6.45) is 0. The Morgan fingerprint density at radius 2 is 0.800 bits per heavy atom. The van der Waals surface area contributed by atoms with Gasteiger partial charge in [0.15, 0.2) is 34.7 Å². The summed E-state index contributed by atoms with van der Waals surface area (Å²) in [6, 6.07) is 0. The van der Waals surface area contributed by atoms with E-state index in [0.717, 1.165) is 0 Å². The van der Waals surface area contributed by atoms with Crippen LogP contribution in [0.4, 0.5) is 0 Å². The fourth-order valence-corrected chi connectivity index (χ4v) is 1.11. The number of hydrogen-bond donors (Lipinski definition) is 3. The van der Waals surface area contributed by atoms with Crippen molar-refractivity contribution in [3.63, 3.8) is 0 Å². The number of hydrogen-bond acceptors (Lipinski definition) is 6. The molecule has 0 fully saturated rings. The second-order valence-corrected chi connectivity index (χ2v) is 4.56. The summed E-state index contributed by atoms with van der Waals surface area (Å²) in [6.45, 7) is 5.94. The lowest BCUT2D eigenvalue weighted by atomic mass is 10.9. The second-order valence-electron chi connectivity index (χ2n) is 2.10. The van der Waals surface area contributed by atoms with E-state index in [1.807, 2.05) is 0 Å². The van der Waals surface area contributed by atoms with Crippen molar-refractivity contribution in [2.75, 3.05) is 19.8 Å². The smallest absolute Gasteiger partial charge is 0.316 e.